The molecular weight excluding hydrogens is 298 g/mol. The van der Waals surface area contributed by atoms with E-state index in [2.05, 4.69) is 31.2 Å². The van der Waals surface area contributed by atoms with Gasteiger partial charge in [0.25, 0.3) is 0 Å². The van der Waals surface area contributed by atoms with E-state index in [0.717, 1.165) is 42.2 Å². The molecule has 0 spiro atoms. The third kappa shape index (κ3) is 1.87. The first kappa shape index (κ1) is 12.3. The molecule has 1 aliphatic carbocycles. The van der Waals surface area contributed by atoms with Crippen LogP contribution in [0.5, 0.6) is 0 Å². The standard InChI is InChI=1S/C14H15N7S/c15-14-17-9-3-4-20(6-12(9)22-14)11-5-10(8-1-2-8)19-21-7-16-18-13(11)21/h5,7-8H,1-4,6H2,(H2,15,17). The first-order valence-corrected chi connectivity index (χ1v) is 8.29. The van der Waals surface area contributed by atoms with Crippen LogP contribution in [0.3, 0.4) is 0 Å². The van der Waals surface area contributed by atoms with Gasteiger partial charge in [-0.1, -0.05) is 0 Å². The highest BCUT2D eigenvalue weighted by atomic mass is 32.1. The second-order valence-corrected chi connectivity index (χ2v) is 7.04. The van der Waals surface area contributed by atoms with Crippen LogP contribution in [0.15, 0.2) is 12.4 Å². The summed E-state index contributed by atoms with van der Waals surface area (Å²) in [4.78, 5) is 8.01. The van der Waals surface area contributed by atoms with Crippen LogP contribution in [0.25, 0.3) is 5.65 Å². The topological polar surface area (TPSA) is 85.2 Å². The molecule has 5 rings (SSSR count). The number of nitrogens with two attached hydrogens (primary N) is 1. The summed E-state index contributed by atoms with van der Waals surface area (Å²) < 4.78 is 1.81. The van der Waals surface area contributed by atoms with Gasteiger partial charge in [-0.25, -0.2) is 4.98 Å². The number of rotatable bonds is 2. The molecule has 1 fully saturated rings. The van der Waals surface area contributed by atoms with Crippen molar-refractivity contribution < 1.29 is 0 Å². The number of nitrogens with zero attached hydrogens (tertiary/aromatic N) is 6. The zero-order chi connectivity index (χ0) is 14.7. The molecule has 0 bridgehead atoms. The van der Waals surface area contributed by atoms with Crippen molar-refractivity contribution in [3.05, 3.63) is 28.7 Å². The largest absolute Gasteiger partial charge is 0.375 e. The van der Waals surface area contributed by atoms with E-state index in [4.69, 9.17) is 5.73 Å². The average molecular weight is 313 g/mol. The lowest BCUT2D eigenvalue weighted by atomic mass is 10.1. The Morgan fingerprint density at radius 2 is 2.23 bits per heavy atom. The van der Waals surface area contributed by atoms with Crippen LogP contribution in [0.4, 0.5) is 10.8 Å². The molecule has 0 saturated heterocycles. The molecule has 3 aromatic heterocycles. The monoisotopic (exact) mass is 313 g/mol. The minimum Gasteiger partial charge on any atom is -0.375 e. The van der Waals surface area contributed by atoms with Crippen LogP contribution in [-0.2, 0) is 13.0 Å². The smallest absolute Gasteiger partial charge is 0.200 e. The van der Waals surface area contributed by atoms with E-state index in [1.165, 1.54) is 17.7 Å². The van der Waals surface area contributed by atoms with E-state index in [1.807, 2.05) is 0 Å². The fourth-order valence-electron chi connectivity index (χ4n) is 3.06. The normalized spacial score (nSPS) is 17.9. The van der Waals surface area contributed by atoms with Crippen molar-refractivity contribution in [1.82, 2.24) is 24.8 Å². The van der Waals surface area contributed by atoms with Gasteiger partial charge in [-0.15, -0.1) is 21.5 Å². The van der Waals surface area contributed by atoms with Gasteiger partial charge in [0.15, 0.2) is 5.13 Å². The van der Waals surface area contributed by atoms with Crippen molar-refractivity contribution in [2.75, 3.05) is 17.2 Å². The van der Waals surface area contributed by atoms with Crippen LogP contribution in [0.2, 0.25) is 0 Å². The zero-order valence-corrected chi connectivity index (χ0v) is 12.8. The number of fused-ring (bicyclic) bond motifs is 2. The van der Waals surface area contributed by atoms with Crippen LogP contribution in [0, 0.1) is 0 Å². The highest BCUT2D eigenvalue weighted by molar-refractivity contribution is 7.15. The average Bonchev–Trinajstić information content (AvgIpc) is 3.14. The van der Waals surface area contributed by atoms with Gasteiger partial charge in [0, 0.05) is 23.8 Å². The van der Waals surface area contributed by atoms with Gasteiger partial charge in [-0.2, -0.15) is 9.61 Å². The Labute approximate surface area is 130 Å². The Balaban J connectivity index is 1.59. The molecule has 0 radical (unpaired) electrons. The molecule has 112 valence electrons. The fourth-order valence-corrected chi connectivity index (χ4v) is 3.96. The lowest BCUT2D eigenvalue weighted by Crippen LogP contribution is -2.30. The number of thiazole rings is 1. The second kappa shape index (κ2) is 4.39. The van der Waals surface area contributed by atoms with Crippen molar-refractivity contribution in [3.63, 3.8) is 0 Å². The molecule has 4 heterocycles. The first-order chi connectivity index (χ1) is 10.8. The number of hydrogen-bond acceptors (Lipinski definition) is 7. The van der Waals surface area contributed by atoms with E-state index in [9.17, 15) is 0 Å². The van der Waals surface area contributed by atoms with E-state index >= 15 is 0 Å². The Kier molecular flexibility index (Phi) is 2.46. The molecule has 1 aliphatic heterocycles. The Morgan fingerprint density at radius 1 is 1.32 bits per heavy atom. The second-order valence-electron chi connectivity index (χ2n) is 5.92. The first-order valence-electron chi connectivity index (χ1n) is 7.48. The number of nitrogen functional groups attached to an aromatic ring is 1. The van der Waals surface area contributed by atoms with Gasteiger partial charge in [0.1, 0.15) is 6.33 Å². The molecule has 22 heavy (non-hydrogen) atoms. The van der Waals surface area contributed by atoms with Crippen molar-refractivity contribution in [1.29, 1.82) is 0 Å². The lowest BCUT2D eigenvalue weighted by molar-refractivity contribution is 0.723. The summed E-state index contributed by atoms with van der Waals surface area (Å²) in [5, 5.41) is 13.6. The summed E-state index contributed by atoms with van der Waals surface area (Å²) >= 11 is 1.59. The minimum absolute atomic E-state index is 0.602. The molecule has 8 heteroatoms. The fraction of sp³-hybridized carbons (Fsp3) is 0.429. The molecule has 0 atom stereocenters. The molecule has 2 aliphatic rings. The van der Waals surface area contributed by atoms with Crippen LogP contribution in [-0.4, -0.2) is 31.3 Å². The third-order valence-corrected chi connectivity index (χ3v) is 5.26. The van der Waals surface area contributed by atoms with Gasteiger partial charge in [-0.05, 0) is 18.9 Å². The maximum absolute atomic E-state index is 5.84. The Hall–Kier alpha value is -2.22. The maximum atomic E-state index is 5.84. The molecular formula is C14H15N7S. The van der Waals surface area contributed by atoms with Gasteiger partial charge in [-0.3, -0.25) is 0 Å². The predicted octanol–water partition coefficient (Wildman–Crippen LogP) is 1.60. The Bertz CT molecular complexity index is 863. The van der Waals surface area contributed by atoms with Gasteiger partial charge < -0.3 is 10.6 Å². The van der Waals surface area contributed by atoms with Gasteiger partial charge in [0.2, 0.25) is 5.65 Å². The molecule has 0 unspecified atom stereocenters. The summed E-state index contributed by atoms with van der Waals surface area (Å²) in [6, 6.07) is 2.19. The van der Waals surface area contributed by atoms with Crippen LogP contribution in [0.1, 0.15) is 35.0 Å². The van der Waals surface area contributed by atoms with Gasteiger partial charge in [0.05, 0.1) is 23.6 Å². The summed E-state index contributed by atoms with van der Waals surface area (Å²) in [6.45, 7) is 1.76. The third-order valence-electron chi connectivity index (χ3n) is 4.35. The van der Waals surface area contributed by atoms with Crippen molar-refractivity contribution in [3.8, 4) is 0 Å². The van der Waals surface area contributed by atoms with Crippen molar-refractivity contribution >= 4 is 27.8 Å². The van der Waals surface area contributed by atoms with E-state index in [1.54, 1.807) is 22.2 Å². The van der Waals surface area contributed by atoms with Crippen molar-refractivity contribution in [2.24, 2.45) is 0 Å². The quantitative estimate of drug-likeness (QED) is 0.773. The predicted molar refractivity (Wildman–Crippen MR) is 84.0 cm³/mol. The zero-order valence-electron chi connectivity index (χ0n) is 11.9. The SMILES string of the molecule is Nc1nc2c(s1)CN(c1cc(C3CC3)nn3cnnc13)CC2. The van der Waals surface area contributed by atoms with Crippen molar-refractivity contribution in [2.45, 2.75) is 31.7 Å². The maximum Gasteiger partial charge on any atom is 0.200 e. The number of hydrogen-bond donors (Lipinski definition) is 1. The van der Waals surface area contributed by atoms with E-state index < -0.39 is 0 Å². The molecule has 2 N–H and O–H groups in total. The molecule has 0 aromatic carbocycles. The molecule has 3 aromatic rings. The van der Waals surface area contributed by atoms with E-state index in [-0.39, 0.29) is 0 Å². The summed E-state index contributed by atoms with van der Waals surface area (Å²) in [5.74, 6) is 0.602. The number of aromatic nitrogens is 5. The lowest BCUT2D eigenvalue weighted by Gasteiger charge is -2.28. The minimum atomic E-state index is 0.602. The number of anilines is 2. The summed E-state index contributed by atoms with van der Waals surface area (Å²) in [5.41, 5.74) is 10.1. The molecule has 1 saturated carbocycles. The van der Waals surface area contributed by atoms with Crippen LogP contribution >= 0.6 is 11.3 Å². The van der Waals surface area contributed by atoms with Gasteiger partial charge >= 0.3 is 0 Å². The summed E-state index contributed by atoms with van der Waals surface area (Å²) in [6.07, 6.45) is 5.07. The Morgan fingerprint density at radius 3 is 3.09 bits per heavy atom. The molecule has 0 amide bonds. The van der Waals surface area contributed by atoms with Crippen LogP contribution < -0.4 is 10.6 Å². The molecule has 7 nitrogen and oxygen atoms in total. The summed E-state index contributed by atoms with van der Waals surface area (Å²) in [7, 11) is 0. The highest BCUT2D eigenvalue weighted by Crippen LogP contribution is 2.41. The highest BCUT2D eigenvalue weighted by Gasteiger charge is 2.29. The van der Waals surface area contributed by atoms with E-state index in [0.29, 0.717) is 11.0 Å².